The van der Waals surface area contributed by atoms with Gasteiger partial charge in [-0.1, -0.05) is 44.2 Å². The first-order valence-electron chi connectivity index (χ1n) is 8.60. The van der Waals surface area contributed by atoms with Crippen molar-refractivity contribution in [3.8, 4) is 0 Å². The van der Waals surface area contributed by atoms with E-state index in [0.29, 0.717) is 18.9 Å². The average Bonchev–Trinajstić information content (AvgIpc) is 2.98. The molecule has 0 saturated carbocycles. The Kier molecular flexibility index (Phi) is 5.25. The molecule has 1 aliphatic heterocycles. The third-order valence-electron chi connectivity index (χ3n) is 4.35. The topological polar surface area (TPSA) is 73.9 Å². The molecule has 0 aliphatic carbocycles. The van der Waals surface area contributed by atoms with Gasteiger partial charge >= 0.3 is 0 Å². The highest BCUT2D eigenvalue weighted by molar-refractivity contribution is 5.82. The van der Waals surface area contributed by atoms with Crippen LogP contribution in [0, 0.1) is 0 Å². The monoisotopic (exact) mass is 327 g/mol. The van der Waals surface area contributed by atoms with Gasteiger partial charge in [0, 0.05) is 19.0 Å². The molecule has 6 nitrogen and oxygen atoms in total. The Labute approximate surface area is 142 Å². The van der Waals surface area contributed by atoms with Crippen molar-refractivity contribution in [2.75, 3.05) is 13.1 Å². The highest BCUT2D eigenvalue weighted by atomic mass is 16.2. The van der Waals surface area contributed by atoms with Crippen LogP contribution in [-0.2, 0) is 17.8 Å². The lowest BCUT2D eigenvalue weighted by Gasteiger charge is -2.27. The number of aromatic amines is 1. The maximum absolute atomic E-state index is 12.5. The predicted octanol–water partition coefficient (Wildman–Crippen LogP) is 1.86. The second-order valence-electron chi connectivity index (χ2n) is 6.62. The van der Waals surface area contributed by atoms with Gasteiger partial charge in [-0.25, -0.2) is 4.98 Å². The van der Waals surface area contributed by atoms with Gasteiger partial charge in [-0.05, 0) is 18.4 Å². The Morgan fingerprint density at radius 2 is 2.08 bits per heavy atom. The van der Waals surface area contributed by atoms with Gasteiger partial charge in [-0.3, -0.25) is 14.8 Å². The number of amides is 1. The van der Waals surface area contributed by atoms with Crippen LogP contribution in [0.5, 0.6) is 0 Å². The van der Waals surface area contributed by atoms with Gasteiger partial charge in [0.1, 0.15) is 5.82 Å². The van der Waals surface area contributed by atoms with Crippen molar-refractivity contribution in [1.82, 2.24) is 25.4 Å². The summed E-state index contributed by atoms with van der Waals surface area (Å²) in [6.07, 6.45) is 1.65. The van der Waals surface area contributed by atoms with Crippen LogP contribution >= 0.6 is 0 Å². The number of nitrogens with zero attached hydrogens (tertiary/aromatic N) is 3. The molecule has 1 aromatic carbocycles. The molecule has 24 heavy (non-hydrogen) atoms. The number of carbonyl (C=O) groups excluding carboxylic acids is 1. The molecular formula is C18H25N5O. The number of carbonyl (C=O) groups is 1. The second kappa shape index (κ2) is 7.57. The molecule has 1 aromatic heterocycles. The van der Waals surface area contributed by atoms with Gasteiger partial charge in [0.2, 0.25) is 5.91 Å². The van der Waals surface area contributed by atoms with E-state index in [2.05, 4.69) is 51.4 Å². The fraction of sp³-hybridized carbons (Fsp3) is 0.500. The SMILES string of the molecule is CC(C)c1n[nH]c(CN2CCCNC(=O)C2Cc2ccccc2)n1. The van der Waals surface area contributed by atoms with E-state index in [0.717, 1.165) is 31.2 Å². The third-order valence-corrected chi connectivity index (χ3v) is 4.35. The molecular weight excluding hydrogens is 302 g/mol. The molecule has 0 spiro atoms. The summed E-state index contributed by atoms with van der Waals surface area (Å²) in [6, 6.07) is 9.99. The molecule has 3 rings (SSSR count). The summed E-state index contributed by atoms with van der Waals surface area (Å²) in [6.45, 7) is 6.36. The third kappa shape index (κ3) is 4.00. The standard InChI is InChI=1S/C18H25N5O/c1-13(2)17-20-16(21-22-17)12-23-10-6-9-19-18(24)15(23)11-14-7-4-3-5-8-14/h3-5,7-8,13,15H,6,9-12H2,1-2H3,(H,19,24)(H,20,21,22). The molecule has 128 valence electrons. The van der Waals surface area contributed by atoms with Crippen LogP contribution in [0.15, 0.2) is 30.3 Å². The van der Waals surface area contributed by atoms with E-state index in [4.69, 9.17) is 0 Å². The van der Waals surface area contributed by atoms with E-state index in [9.17, 15) is 4.79 Å². The zero-order valence-electron chi connectivity index (χ0n) is 14.3. The van der Waals surface area contributed by atoms with E-state index in [-0.39, 0.29) is 11.9 Å². The van der Waals surface area contributed by atoms with Crippen LogP contribution in [0.4, 0.5) is 0 Å². The van der Waals surface area contributed by atoms with Crippen LogP contribution in [0.25, 0.3) is 0 Å². The van der Waals surface area contributed by atoms with Crippen molar-refractivity contribution in [2.45, 2.75) is 45.2 Å². The molecule has 1 saturated heterocycles. The van der Waals surface area contributed by atoms with Gasteiger partial charge in [-0.2, -0.15) is 5.10 Å². The molecule has 6 heteroatoms. The van der Waals surface area contributed by atoms with Gasteiger partial charge in [0.15, 0.2) is 5.82 Å². The fourth-order valence-corrected chi connectivity index (χ4v) is 3.01. The van der Waals surface area contributed by atoms with E-state index in [1.807, 2.05) is 18.2 Å². The molecule has 0 bridgehead atoms. The number of aromatic nitrogens is 3. The lowest BCUT2D eigenvalue weighted by Crippen LogP contribution is -2.45. The van der Waals surface area contributed by atoms with Crippen molar-refractivity contribution >= 4 is 5.91 Å². The smallest absolute Gasteiger partial charge is 0.237 e. The van der Waals surface area contributed by atoms with E-state index in [1.54, 1.807) is 0 Å². The van der Waals surface area contributed by atoms with E-state index in [1.165, 1.54) is 5.56 Å². The summed E-state index contributed by atoms with van der Waals surface area (Å²) in [5.74, 6) is 2.04. The van der Waals surface area contributed by atoms with Gasteiger partial charge in [0.25, 0.3) is 0 Å². The Bertz CT molecular complexity index is 667. The van der Waals surface area contributed by atoms with Crippen LogP contribution in [0.2, 0.25) is 0 Å². The number of benzene rings is 1. The van der Waals surface area contributed by atoms with Crippen LogP contribution in [-0.4, -0.2) is 45.1 Å². The summed E-state index contributed by atoms with van der Waals surface area (Å²) in [4.78, 5) is 19.3. The maximum atomic E-state index is 12.5. The summed E-state index contributed by atoms with van der Waals surface area (Å²) in [5, 5.41) is 10.3. The summed E-state index contributed by atoms with van der Waals surface area (Å²) < 4.78 is 0. The van der Waals surface area contributed by atoms with E-state index < -0.39 is 0 Å². The van der Waals surface area contributed by atoms with Gasteiger partial charge in [0.05, 0.1) is 12.6 Å². The molecule has 1 atom stereocenters. The lowest BCUT2D eigenvalue weighted by atomic mass is 10.0. The van der Waals surface area contributed by atoms with Crippen molar-refractivity contribution in [2.24, 2.45) is 0 Å². The first-order valence-corrected chi connectivity index (χ1v) is 8.60. The summed E-state index contributed by atoms with van der Waals surface area (Å²) in [5.41, 5.74) is 1.17. The van der Waals surface area contributed by atoms with Crippen molar-refractivity contribution in [3.63, 3.8) is 0 Å². The predicted molar refractivity (Wildman–Crippen MR) is 92.4 cm³/mol. The lowest BCUT2D eigenvalue weighted by molar-refractivity contribution is -0.125. The second-order valence-corrected chi connectivity index (χ2v) is 6.62. The molecule has 1 aliphatic rings. The highest BCUT2D eigenvalue weighted by Crippen LogP contribution is 2.16. The minimum Gasteiger partial charge on any atom is -0.355 e. The van der Waals surface area contributed by atoms with Crippen LogP contribution < -0.4 is 5.32 Å². The molecule has 0 radical (unpaired) electrons. The van der Waals surface area contributed by atoms with Crippen molar-refractivity contribution < 1.29 is 4.79 Å². The Morgan fingerprint density at radius 1 is 1.29 bits per heavy atom. The van der Waals surface area contributed by atoms with Gasteiger partial charge < -0.3 is 5.32 Å². The zero-order valence-corrected chi connectivity index (χ0v) is 14.3. The first kappa shape index (κ1) is 16.6. The van der Waals surface area contributed by atoms with Gasteiger partial charge in [-0.15, -0.1) is 0 Å². The number of H-pyrrole nitrogens is 1. The summed E-state index contributed by atoms with van der Waals surface area (Å²) in [7, 11) is 0. The molecule has 1 amide bonds. The number of nitrogens with one attached hydrogen (secondary N) is 2. The molecule has 2 aromatic rings. The van der Waals surface area contributed by atoms with Crippen LogP contribution in [0.1, 0.15) is 43.4 Å². The number of hydrogen-bond donors (Lipinski definition) is 2. The summed E-state index contributed by atoms with van der Waals surface area (Å²) >= 11 is 0. The average molecular weight is 327 g/mol. The Hall–Kier alpha value is -2.21. The Morgan fingerprint density at radius 3 is 2.79 bits per heavy atom. The first-order chi connectivity index (χ1) is 11.6. The van der Waals surface area contributed by atoms with Crippen LogP contribution in [0.3, 0.4) is 0 Å². The van der Waals surface area contributed by atoms with Crippen molar-refractivity contribution in [3.05, 3.63) is 47.5 Å². The minimum atomic E-state index is -0.178. The zero-order chi connectivity index (χ0) is 16.9. The van der Waals surface area contributed by atoms with Crippen molar-refractivity contribution in [1.29, 1.82) is 0 Å². The largest absolute Gasteiger partial charge is 0.355 e. The maximum Gasteiger partial charge on any atom is 0.237 e. The molecule has 2 heterocycles. The highest BCUT2D eigenvalue weighted by Gasteiger charge is 2.29. The fourth-order valence-electron chi connectivity index (χ4n) is 3.01. The Balaban J connectivity index is 1.77. The minimum absolute atomic E-state index is 0.0972. The normalized spacial score (nSPS) is 19.3. The molecule has 2 N–H and O–H groups in total. The van der Waals surface area contributed by atoms with E-state index >= 15 is 0 Å². The number of rotatable bonds is 5. The quantitative estimate of drug-likeness (QED) is 0.879. The molecule has 1 fully saturated rings. The molecule has 1 unspecified atom stereocenters. The number of hydrogen-bond acceptors (Lipinski definition) is 4.